The predicted octanol–water partition coefficient (Wildman–Crippen LogP) is 5.48. The van der Waals surface area contributed by atoms with Crippen LogP contribution in [0.3, 0.4) is 0 Å². The molecule has 0 atom stereocenters. The zero-order chi connectivity index (χ0) is 13.8. The number of para-hydroxylation sites is 1. The van der Waals surface area contributed by atoms with E-state index in [1.807, 2.05) is 12.1 Å². The molecule has 100 valence electrons. The van der Waals surface area contributed by atoms with E-state index >= 15 is 0 Å². The molecule has 0 saturated heterocycles. The van der Waals surface area contributed by atoms with Crippen LogP contribution < -0.4 is 5.32 Å². The van der Waals surface area contributed by atoms with Gasteiger partial charge < -0.3 is 5.32 Å². The third-order valence-electron chi connectivity index (χ3n) is 3.20. The van der Waals surface area contributed by atoms with E-state index in [9.17, 15) is 0 Å². The Hall–Kier alpha value is -1.18. The zero-order valence-corrected chi connectivity index (χ0v) is 12.6. The second-order valence-corrected chi connectivity index (χ2v) is 5.40. The normalized spacial score (nSPS) is 10.5. The second-order valence-electron chi connectivity index (χ2n) is 4.55. The number of halogens is 2. The quantitative estimate of drug-likeness (QED) is 0.787. The van der Waals surface area contributed by atoms with Crippen molar-refractivity contribution in [2.75, 3.05) is 5.32 Å². The van der Waals surface area contributed by atoms with Gasteiger partial charge in [0, 0.05) is 22.3 Å². The average Bonchev–Trinajstić information content (AvgIpc) is 2.40. The fourth-order valence-electron chi connectivity index (χ4n) is 2.14. The Morgan fingerprint density at radius 3 is 2.58 bits per heavy atom. The summed E-state index contributed by atoms with van der Waals surface area (Å²) >= 11 is 12.2. The first-order valence-corrected chi connectivity index (χ1v) is 7.13. The number of nitrogens with one attached hydrogen (secondary N) is 1. The molecule has 0 spiro atoms. The molecule has 19 heavy (non-hydrogen) atoms. The highest BCUT2D eigenvalue weighted by atomic mass is 35.5. The van der Waals surface area contributed by atoms with Gasteiger partial charge in [0.25, 0.3) is 0 Å². The highest BCUT2D eigenvalue weighted by molar-refractivity contribution is 6.33. The fourth-order valence-corrected chi connectivity index (χ4v) is 2.52. The van der Waals surface area contributed by atoms with Crippen LogP contribution in [0.2, 0.25) is 10.0 Å². The van der Waals surface area contributed by atoms with Gasteiger partial charge >= 0.3 is 0 Å². The highest BCUT2D eigenvalue weighted by Crippen LogP contribution is 2.25. The van der Waals surface area contributed by atoms with Gasteiger partial charge in [-0.15, -0.1) is 0 Å². The Morgan fingerprint density at radius 1 is 1.05 bits per heavy atom. The van der Waals surface area contributed by atoms with Crippen LogP contribution >= 0.6 is 23.2 Å². The van der Waals surface area contributed by atoms with E-state index in [1.54, 1.807) is 6.07 Å². The first-order valence-electron chi connectivity index (χ1n) is 6.38. The van der Waals surface area contributed by atoms with Gasteiger partial charge in [-0.3, -0.25) is 0 Å². The number of benzene rings is 2. The zero-order valence-electron chi connectivity index (χ0n) is 11.1. The van der Waals surface area contributed by atoms with Crippen molar-refractivity contribution in [3.63, 3.8) is 0 Å². The summed E-state index contributed by atoms with van der Waals surface area (Å²) in [6.07, 6.45) is 1.01. The van der Waals surface area contributed by atoms with Crippen LogP contribution in [0, 0.1) is 6.92 Å². The van der Waals surface area contributed by atoms with E-state index in [2.05, 4.69) is 37.4 Å². The summed E-state index contributed by atoms with van der Waals surface area (Å²) < 4.78 is 0. The summed E-state index contributed by atoms with van der Waals surface area (Å²) in [5.74, 6) is 0. The molecule has 2 rings (SSSR count). The molecule has 0 unspecified atom stereocenters. The maximum absolute atomic E-state index is 6.18. The number of hydrogen-bond acceptors (Lipinski definition) is 1. The van der Waals surface area contributed by atoms with Crippen molar-refractivity contribution in [1.82, 2.24) is 0 Å². The van der Waals surface area contributed by atoms with Crippen LogP contribution in [0.25, 0.3) is 0 Å². The summed E-state index contributed by atoms with van der Waals surface area (Å²) in [6.45, 7) is 4.95. The lowest BCUT2D eigenvalue weighted by atomic mass is 10.1. The van der Waals surface area contributed by atoms with E-state index in [1.165, 1.54) is 16.8 Å². The number of aryl methyl sites for hydroxylation is 2. The number of anilines is 1. The topological polar surface area (TPSA) is 12.0 Å². The first-order chi connectivity index (χ1) is 9.11. The van der Waals surface area contributed by atoms with Crippen molar-refractivity contribution < 1.29 is 0 Å². The lowest BCUT2D eigenvalue weighted by Crippen LogP contribution is -2.04. The molecule has 0 aliphatic rings. The summed E-state index contributed by atoms with van der Waals surface area (Å²) in [6, 6.07) is 11.9. The SMILES string of the molecule is CCc1cccc(C)c1NCc1cc(Cl)ccc1Cl. The molecule has 0 aromatic heterocycles. The lowest BCUT2D eigenvalue weighted by molar-refractivity contribution is 1.08. The van der Waals surface area contributed by atoms with Crippen LogP contribution in [-0.2, 0) is 13.0 Å². The van der Waals surface area contributed by atoms with Crippen LogP contribution in [0.1, 0.15) is 23.6 Å². The lowest BCUT2D eigenvalue weighted by Gasteiger charge is -2.14. The van der Waals surface area contributed by atoms with Gasteiger partial charge in [-0.1, -0.05) is 48.3 Å². The van der Waals surface area contributed by atoms with Gasteiger partial charge in [-0.25, -0.2) is 0 Å². The molecule has 0 aliphatic heterocycles. The van der Waals surface area contributed by atoms with Gasteiger partial charge in [0.2, 0.25) is 0 Å². The standard InChI is InChI=1S/C16H17Cl2N/c1-3-12-6-4-5-11(2)16(12)19-10-13-9-14(17)7-8-15(13)18/h4-9,19H,3,10H2,1-2H3. The minimum Gasteiger partial charge on any atom is -0.380 e. The maximum atomic E-state index is 6.18. The Labute approximate surface area is 124 Å². The molecular formula is C16H17Cl2N. The molecule has 2 aromatic carbocycles. The van der Waals surface area contributed by atoms with E-state index in [-0.39, 0.29) is 0 Å². The van der Waals surface area contributed by atoms with Crippen LogP contribution in [0.4, 0.5) is 5.69 Å². The maximum Gasteiger partial charge on any atom is 0.0456 e. The summed E-state index contributed by atoms with van der Waals surface area (Å²) in [5.41, 5.74) is 4.77. The van der Waals surface area contributed by atoms with Crippen molar-refractivity contribution in [2.24, 2.45) is 0 Å². The van der Waals surface area contributed by atoms with Gasteiger partial charge in [0.05, 0.1) is 0 Å². The highest BCUT2D eigenvalue weighted by Gasteiger charge is 2.06. The summed E-state index contributed by atoms with van der Waals surface area (Å²) in [7, 11) is 0. The summed E-state index contributed by atoms with van der Waals surface area (Å²) in [4.78, 5) is 0. The largest absolute Gasteiger partial charge is 0.380 e. The number of rotatable bonds is 4. The molecule has 0 radical (unpaired) electrons. The van der Waals surface area contributed by atoms with Crippen LogP contribution in [0.15, 0.2) is 36.4 Å². The molecule has 3 heteroatoms. The van der Waals surface area contributed by atoms with E-state index < -0.39 is 0 Å². The predicted molar refractivity (Wildman–Crippen MR) is 84.3 cm³/mol. The molecule has 1 N–H and O–H groups in total. The molecule has 1 nitrogen and oxygen atoms in total. The molecule has 2 aromatic rings. The minimum atomic E-state index is 0.678. The third kappa shape index (κ3) is 3.43. The minimum absolute atomic E-state index is 0.678. The summed E-state index contributed by atoms with van der Waals surface area (Å²) in [5, 5.41) is 4.92. The molecule has 0 fully saturated rings. The molecule has 0 heterocycles. The van der Waals surface area contributed by atoms with Crippen molar-refractivity contribution in [1.29, 1.82) is 0 Å². The van der Waals surface area contributed by atoms with E-state index in [0.717, 1.165) is 17.0 Å². The van der Waals surface area contributed by atoms with Crippen LogP contribution in [-0.4, -0.2) is 0 Å². The smallest absolute Gasteiger partial charge is 0.0456 e. The number of hydrogen-bond donors (Lipinski definition) is 1. The molecule has 0 saturated carbocycles. The van der Waals surface area contributed by atoms with Gasteiger partial charge in [0.15, 0.2) is 0 Å². The average molecular weight is 294 g/mol. The van der Waals surface area contributed by atoms with E-state index in [0.29, 0.717) is 11.6 Å². The molecule has 0 aliphatic carbocycles. The van der Waals surface area contributed by atoms with Crippen molar-refractivity contribution in [2.45, 2.75) is 26.8 Å². The monoisotopic (exact) mass is 293 g/mol. The van der Waals surface area contributed by atoms with Crippen molar-refractivity contribution in [3.8, 4) is 0 Å². The molecule has 0 bridgehead atoms. The van der Waals surface area contributed by atoms with E-state index in [4.69, 9.17) is 23.2 Å². The van der Waals surface area contributed by atoms with Crippen molar-refractivity contribution in [3.05, 3.63) is 63.1 Å². The molecular weight excluding hydrogens is 277 g/mol. The Morgan fingerprint density at radius 2 is 1.84 bits per heavy atom. The van der Waals surface area contributed by atoms with Gasteiger partial charge in [0.1, 0.15) is 0 Å². The molecule has 0 amide bonds. The Bertz CT molecular complexity index is 579. The first kappa shape index (κ1) is 14.2. The second kappa shape index (κ2) is 6.31. The fraction of sp³-hybridized carbons (Fsp3) is 0.250. The van der Waals surface area contributed by atoms with Gasteiger partial charge in [-0.2, -0.15) is 0 Å². The van der Waals surface area contributed by atoms with Crippen molar-refractivity contribution >= 4 is 28.9 Å². The Balaban J connectivity index is 2.21. The van der Waals surface area contributed by atoms with Gasteiger partial charge in [-0.05, 0) is 48.2 Å². The van der Waals surface area contributed by atoms with Crippen LogP contribution in [0.5, 0.6) is 0 Å². The third-order valence-corrected chi connectivity index (χ3v) is 3.81. The Kier molecular flexibility index (Phi) is 4.73.